The average Bonchev–Trinajstić information content (AvgIpc) is 2.63. The second-order valence-electron chi connectivity index (χ2n) is 4.11. The van der Waals surface area contributed by atoms with Gasteiger partial charge in [-0.3, -0.25) is 0 Å². The Morgan fingerprint density at radius 1 is 1.44 bits per heavy atom. The first kappa shape index (κ1) is 13.5. The van der Waals surface area contributed by atoms with Crippen molar-refractivity contribution in [2.45, 2.75) is 57.1 Å². The number of rotatable bonds is 7. The zero-order valence-corrected chi connectivity index (χ0v) is 11.0. The molecule has 0 radical (unpaired) electrons. The second-order valence-corrected chi connectivity index (χ2v) is 5.68. The van der Waals surface area contributed by atoms with E-state index in [0.717, 1.165) is 24.4 Å². The van der Waals surface area contributed by atoms with Crippen LogP contribution >= 0.6 is 11.8 Å². The maximum absolute atomic E-state index is 9.60. The summed E-state index contributed by atoms with van der Waals surface area (Å²) in [5, 5.41) is 14.0. The van der Waals surface area contributed by atoms with Crippen molar-refractivity contribution in [2.24, 2.45) is 0 Å². The number of thioether (sulfide) groups is 1. The first-order valence-corrected chi connectivity index (χ1v) is 6.77. The molecule has 0 aliphatic carbocycles. The maximum atomic E-state index is 9.60. The van der Waals surface area contributed by atoms with Crippen LogP contribution in [0.25, 0.3) is 0 Å². The molecule has 4 nitrogen and oxygen atoms in total. The van der Waals surface area contributed by atoms with E-state index in [1.807, 2.05) is 6.92 Å². The van der Waals surface area contributed by atoms with Crippen molar-refractivity contribution >= 4 is 11.8 Å². The summed E-state index contributed by atoms with van der Waals surface area (Å²) >= 11 is 1.78. The molecule has 92 valence electrons. The van der Waals surface area contributed by atoms with Crippen LogP contribution in [0.15, 0.2) is 4.52 Å². The van der Waals surface area contributed by atoms with Gasteiger partial charge in [0.15, 0.2) is 5.82 Å². The Balaban J connectivity index is 2.39. The molecule has 0 fully saturated rings. The van der Waals surface area contributed by atoms with Gasteiger partial charge in [0.25, 0.3) is 0 Å². The molecule has 0 aliphatic heterocycles. The molecule has 0 aliphatic rings. The van der Waals surface area contributed by atoms with Crippen LogP contribution in [0.1, 0.15) is 45.3 Å². The van der Waals surface area contributed by atoms with Crippen molar-refractivity contribution in [2.75, 3.05) is 0 Å². The summed E-state index contributed by atoms with van der Waals surface area (Å²) in [5.74, 6) is 2.03. The Kier molecular flexibility index (Phi) is 5.84. The van der Waals surface area contributed by atoms with Crippen LogP contribution in [0.2, 0.25) is 0 Å². The molecule has 0 spiro atoms. The minimum atomic E-state index is -0.365. The third kappa shape index (κ3) is 4.99. The third-order valence-corrected chi connectivity index (χ3v) is 3.18. The fourth-order valence-electron chi connectivity index (χ4n) is 1.31. The van der Waals surface area contributed by atoms with Crippen LogP contribution in [0, 0.1) is 0 Å². The van der Waals surface area contributed by atoms with E-state index in [1.165, 1.54) is 0 Å². The molecule has 0 saturated carbocycles. The molecular weight excluding hydrogens is 224 g/mol. The molecule has 5 heteroatoms. The summed E-state index contributed by atoms with van der Waals surface area (Å²) in [4.78, 5) is 4.25. The number of aliphatic hydroxyl groups excluding tert-OH is 1. The second kappa shape index (κ2) is 6.91. The first-order chi connectivity index (χ1) is 7.61. The largest absolute Gasteiger partial charge is 0.393 e. The van der Waals surface area contributed by atoms with E-state index in [0.29, 0.717) is 17.6 Å². The van der Waals surface area contributed by atoms with Crippen molar-refractivity contribution in [3.05, 3.63) is 11.7 Å². The number of aliphatic hydroxyl groups is 1. The van der Waals surface area contributed by atoms with Gasteiger partial charge in [-0.05, 0) is 11.7 Å². The zero-order chi connectivity index (χ0) is 12.0. The van der Waals surface area contributed by atoms with Gasteiger partial charge in [0.1, 0.15) is 0 Å². The predicted molar refractivity (Wildman–Crippen MR) is 65.3 cm³/mol. The highest BCUT2D eigenvalue weighted by Gasteiger charge is 2.11. The van der Waals surface area contributed by atoms with E-state index < -0.39 is 0 Å². The Bertz CT molecular complexity index is 302. The molecule has 0 bridgehead atoms. The Morgan fingerprint density at radius 2 is 2.19 bits per heavy atom. The van der Waals surface area contributed by atoms with Gasteiger partial charge in [0, 0.05) is 0 Å². The smallest absolute Gasteiger partial charge is 0.229 e. The quantitative estimate of drug-likeness (QED) is 0.798. The lowest BCUT2D eigenvalue weighted by Crippen LogP contribution is -2.09. The maximum Gasteiger partial charge on any atom is 0.229 e. The summed E-state index contributed by atoms with van der Waals surface area (Å²) < 4.78 is 5.08. The highest BCUT2D eigenvalue weighted by molar-refractivity contribution is 7.99. The van der Waals surface area contributed by atoms with Gasteiger partial charge in [-0.25, -0.2) is 0 Å². The third-order valence-electron chi connectivity index (χ3n) is 2.09. The van der Waals surface area contributed by atoms with E-state index in [-0.39, 0.29) is 6.10 Å². The van der Waals surface area contributed by atoms with Gasteiger partial charge >= 0.3 is 0 Å². The minimum Gasteiger partial charge on any atom is -0.393 e. The van der Waals surface area contributed by atoms with Crippen LogP contribution in [0.4, 0.5) is 0 Å². The Hall–Kier alpha value is -0.550. The summed E-state index contributed by atoms with van der Waals surface area (Å²) in [6.45, 7) is 6.31. The van der Waals surface area contributed by atoms with Crippen LogP contribution in [-0.4, -0.2) is 26.6 Å². The van der Waals surface area contributed by atoms with Gasteiger partial charge in [0.2, 0.25) is 5.89 Å². The van der Waals surface area contributed by atoms with Gasteiger partial charge < -0.3 is 9.63 Å². The lowest BCUT2D eigenvalue weighted by molar-refractivity contribution is 0.151. The molecule has 1 N–H and O–H groups in total. The van der Waals surface area contributed by atoms with Crippen molar-refractivity contribution < 1.29 is 9.63 Å². The molecule has 1 heterocycles. The first-order valence-electron chi connectivity index (χ1n) is 5.73. The van der Waals surface area contributed by atoms with Gasteiger partial charge in [-0.15, -0.1) is 0 Å². The number of aromatic nitrogens is 2. The molecule has 1 atom stereocenters. The highest BCUT2D eigenvalue weighted by atomic mass is 32.2. The lowest BCUT2D eigenvalue weighted by Gasteiger charge is -2.04. The van der Waals surface area contributed by atoms with Crippen LogP contribution in [0.5, 0.6) is 0 Å². The normalized spacial score (nSPS) is 13.3. The minimum absolute atomic E-state index is 0.365. The summed E-state index contributed by atoms with van der Waals surface area (Å²) in [6.07, 6.45) is 1.84. The lowest BCUT2D eigenvalue weighted by atomic mass is 10.1. The van der Waals surface area contributed by atoms with Crippen molar-refractivity contribution in [1.82, 2.24) is 10.1 Å². The van der Waals surface area contributed by atoms with Gasteiger partial charge in [-0.2, -0.15) is 16.7 Å². The van der Waals surface area contributed by atoms with Crippen LogP contribution in [0.3, 0.4) is 0 Å². The predicted octanol–water partition coefficient (Wildman–Crippen LogP) is 2.41. The molecule has 1 aromatic rings. The summed E-state index contributed by atoms with van der Waals surface area (Å²) in [6, 6.07) is 0. The van der Waals surface area contributed by atoms with Gasteiger partial charge in [0.05, 0.1) is 18.3 Å². The van der Waals surface area contributed by atoms with E-state index in [4.69, 9.17) is 4.52 Å². The standard InChI is InChI=1S/C11H20N2O2S/c1-4-5-9(14)6-11-12-10(13-15-11)7-16-8(2)3/h8-9,14H,4-7H2,1-3H3. The fourth-order valence-corrected chi connectivity index (χ4v) is 1.91. The molecule has 1 rings (SSSR count). The molecule has 0 saturated heterocycles. The molecule has 16 heavy (non-hydrogen) atoms. The monoisotopic (exact) mass is 244 g/mol. The topological polar surface area (TPSA) is 59.2 Å². The van der Waals surface area contributed by atoms with Crippen molar-refractivity contribution in [1.29, 1.82) is 0 Å². The Labute approximate surface area is 101 Å². The van der Waals surface area contributed by atoms with E-state index in [9.17, 15) is 5.11 Å². The molecule has 0 aromatic carbocycles. The number of hydrogen-bond acceptors (Lipinski definition) is 5. The van der Waals surface area contributed by atoms with E-state index >= 15 is 0 Å². The van der Waals surface area contributed by atoms with Crippen molar-refractivity contribution in [3.8, 4) is 0 Å². The zero-order valence-electron chi connectivity index (χ0n) is 10.1. The van der Waals surface area contributed by atoms with Gasteiger partial charge in [-0.1, -0.05) is 32.3 Å². The SMILES string of the molecule is CCCC(O)Cc1nc(CSC(C)C)no1. The molecule has 1 aromatic heterocycles. The highest BCUT2D eigenvalue weighted by Crippen LogP contribution is 2.15. The number of hydrogen-bond donors (Lipinski definition) is 1. The molecule has 1 unspecified atom stereocenters. The summed E-state index contributed by atoms with van der Waals surface area (Å²) in [5.41, 5.74) is 0. The van der Waals surface area contributed by atoms with Crippen molar-refractivity contribution in [3.63, 3.8) is 0 Å². The van der Waals surface area contributed by atoms with E-state index in [1.54, 1.807) is 11.8 Å². The van der Waals surface area contributed by atoms with Crippen LogP contribution in [-0.2, 0) is 12.2 Å². The Morgan fingerprint density at radius 3 is 2.81 bits per heavy atom. The molecular formula is C11H20N2O2S. The average molecular weight is 244 g/mol. The van der Waals surface area contributed by atoms with Crippen LogP contribution < -0.4 is 0 Å². The summed E-state index contributed by atoms with van der Waals surface area (Å²) in [7, 11) is 0. The fraction of sp³-hybridized carbons (Fsp3) is 0.818. The number of nitrogens with zero attached hydrogens (tertiary/aromatic N) is 2. The molecule has 0 amide bonds. The van der Waals surface area contributed by atoms with E-state index in [2.05, 4.69) is 24.0 Å².